The molecule has 0 radical (unpaired) electrons. The number of para-hydroxylation sites is 1. The molecule has 42 heavy (non-hydrogen) atoms. The first-order valence-electron chi connectivity index (χ1n) is 13.7. The van der Waals surface area contributed by atoms with Crippen LogP contribution in [0.4, 0.5) is 11.8 Å². The van der Waals surface area contributed by atoms with Crippen molar-refractivity contribution in [1.82, 2.24) is 9.97 Å². The highest BCUT2D eigenvalue weighted by atomic mass is 32.2. The minimum atomic E-state index is -0.232. The Hall–Kier alpha value is -4.31. The van der Waals surface area contributed by atoms with Crippen LogP contribution in [0.2, 0.25) is 0 Å². The number of hydrogen-bond donors (Lipinski definition) is 4. The van der Waals surface area contributed by atoms with Gasteiger partial charge in [0, 0.05) is 28.3 Å². The molecule has 1 heterocycles. The number of hydrogen-bond acceptors (Lipinski definition) is 9. The fourth-order valence-corrected chi connectivity index (χ4v) is 5.79. The third kappa shape index (κ3) is 6.76. The van der Waals surface area contributed by atoms with Crippen LogP contribution >= 0.6 is 11.8 Å². The van der Waals surface area contributed by atoms with E-state index in [-0.39, 0.29) is 19.3 Å². The Morgan fingerprint density at radius 3 is 2.21 bits per heavy atom. The van der Waals surface area contributed by atoms with Crippen LogP contribution in [0.1, 0.15) is 29.2 Å². The van der Waals surface area contributed by atoms with Gasteiger partial charge in [-0.25, -0.2) is 4.98 Å². The average molecular weight is 583 g/mol. The highest BCUT2D eigenvalue weighted by molar-refractivity contribution is 7.99. The summed E-state index contributed by atoms with van der Waals surface area (Å²) in [6.45, 7) is 0.497. The van der Waals surface area contributed by atoms with E-state index in [1.165, 1.54) is 0 Å². The summed E-state index contributed by atoms with van der Waals surface area (Å²) in [6.07, 6.45) is 0.469. The fourth-order valence-electron chi connectivity index (χ4n) is 4.73. The number of fused-ring (bicyclic) bond motifs is 1. The van der Waals surface area contributed by atoms with E-state index in [1.807, 2.05) is 78.9 Å². The summed E-state index contributed by atoms with van der Waals surface area (Å²) in [6, 6.07) is 29.4. The molecule has 8 nitrogen and oxygen atoms in total. The van der Waals surface area contributed by atoms with Crippen LogP contribution in [0.15, 0.2) is 101 Å². The first-order chi connectivity index (χ1) is 20.6. The van der Waals surface area contributed by atoms with Gasteiger partial charge >= 0.3 is 0 Å². The predicted molar refractivity (Wildman–Crippen MR) is 167 cm³/mol. The van der Waals surface area contributed by atoms with Crippen molar-refractivity contribution in [1.29, 1.82) is 0 Å². The lowest BCUT2D eigenvalue weighted by molar-refractivity contribution is 0.279. The third-order valence-corrected chi connectivity index (χ3v) is 8.15. The molecule has 9 heteroatoms. The van der Waals surface area contributed by atoms with Crippen molar-refractivity contribution in [2.45, 2.75) is 35.4 Å². The molecule has 0 saturated carbocycles. The first-order valence-corrected chi connectivity index (χ1v) is 14.5. The number of nitrogens with zero attached hydrogens (tertiary/aromatic N) is 2. The molecule has 0 fully saturated rings. The van der Waals surface area contributed by atoms with Crippen LogP contribution in [-0.4, -0.2) is 41.0 Å². The zero-order valence-electron chi connectivity index (χ0n) is 23.6. The number of methoxy groups -OCH3 is 2. The van der Waals surface area contributed by atoms with Crippen molar-refractivity contribution in [2.24, 2.45) is 0 Å². The summed E-state index contributed by atoms with van der Waals surface area (Å²) in [5.41, 5.74) is 3.72. The minimum absolute atomic E-state index is 0.00596. The average Bonchev–Trinajstić information content (AvgIpc) is 3.04. The largest absolute Gasteiger partial charge is 0.493 e. The van der Waals surface area contributed by atoms with Crippen LogP contribution in [0.3, 0.4) is 0 Å². The summed E-state index contributed by atoms with van der Waals surface area (Å²) < 4.78 is 10.9. The van der Waals surface area contributed by atoms with Crippen LogP contribution in [0.25, 0.3) is 10.9 Å². The standard InChI is InChI=1S/C33H34N4O4S/c1-40-28-16-15-22(19-29(28)41-2)26(17-18-38)35-32-25-11-5-6-12-27(25)36-33(37-32)34-20-23-9-3-7-13-30(23)42-31-14-8-4-10-24(31)21-39/h3-16,19,26,38-39H,17-18,20-21H2,1-2H3,(H2,34,35,36,37). The molecule has 0 bridgehead atoms. The third-order valence-electron chi connectivity index (χ3n) is 6.91. The lowest BCUT2D eigenvalue weighted by Crippen LogP contribution is -2.15. The second-order valence-corrected chi connectivity index (χ2v) is 10.6. The van der Waals surface area contributed by atoms with Crippen molar-refractivity contribution in [3.63, 3.8) is 0 Å². The van der Waals surface area contributed by atoms with E-state index in [0.717, 1.165) is 37.4 Å². The van der Waals surface area contributed by atoms with Crippen LogP contribution < -0.4 is 20.1 Å². The Balaban J connectivity index is 1.42. The van der Waals surface area contributed by atoms with E-state index in [4.69, 9.17) is 19.4 Å². The molecule has 0 aliphatic carbocycles. The van der Waals surface area contributed by atoms with Gasteiger partial charge in [-0.1, -0.05) is 66.4 Å². The lowest BCUT2D eigenvalue weighted by atomic mass is 10.0. The molecular weight excluding hydrogens is 548 g/mol. The van der Waals surface area contributed by atoms with E-state index >= 15 is 0 Å². The molecular formula is C33H34N4O4S. The predicted octanol–water partition coefficient (Wildman–Crippen LogP) is 6.44. The number of aliphatic hydroxyl groups excluding tert-OH is 2. The van der Waals surface area contributed by atoms with Gasteiger partial charge in [0.05, 0.1) is 32.4 Å². The fraction of sp³-hybridized carbons (Fsp3) is 0.212. The summed E-state index contributed by atoms with van der Waals surface area (Å²) in [4.78, 5) is 11.8. The highest BCUT2D eigenvalue weighted by Crippen LogP contribution is 2.35. The Labute approximate surface area is 249 Å². The topological polar surface area (TPSA) is 109 Å². The SMILES string of the molecule is COc1ccc(C(CCO)Nc2nc(NCc3ccccc3Sc3ccccc3CO)nc3ccccc23)cc1OC. The van der Waals surface area contributed by atoms with Crippen LogP contribution in [-0.2, 0) is 13.2 Å². The van der Waals surface area contributed by atoms with Crippen LogP contribution in [0, 0.1) is 0 Å². The van der Waals surface area contributed by atoms with E-state index in [2.05, 4.69) is 22.8 Å². The molecule has 0 aliphatic rings. The summed E-state index contributed by atoms with van der Waals surface area (Å²) in [7, 11) is 3.21. The summed E-state index contributed by atoms with van der Waals surface area (Å²) >= 11 is 1.63. The normalized spacial score (nSPS) is 11.7. The maximum atomic E-state index is 9.89. The molecule has 0 aliphatic heterocycles. The smallest absolute Gasteiger partial charge is 0.225 e. The number of aliphatic hydroxyl groups is 2. The maximum absolute atomic E-state index is 9.89. The van der Waals surface area contributed by atoms with Gasteiger partial charge in [-0.2, -0.15) is 4.98 Å². The maximum Gasteiger partial charge on any atom is 0.225 e. The van der Waals surface area contributed by atoms with Gasteiger partial charge in [0.15, 0.2) is 11.5 Å². The number of anilines is 2. The van der Waals surface area contributed by atoms with E-state index in [0.29, 0.717) is 36.2 Å². The molecule has 5 aromatic rings. The number of benzene rings is 4. The van der Waals surface area contributed by atoms with Crippen molar-refractivity contribution in [3.8, 4) is 11.5 Å². The monoisotopic (exact) mass is 582 g/mol. The second-order valence-electron chi connectivity index (χ2n) is 9.57. The second kappa shape index (κ2) is 14.0. The molecule has 0 spiro atoms. The van der Waals surface area contributed by atoms with E-state index in [1.54, 1.807) is 26.0 Å². The molecule has 0 amide bonds. The lowest BCUT2D eigenvalue weighted by Gasteiger charge is -2.22. The van der Waals surface area contributed by atoms with Gasteiger partial charge in [0.25, 0.3) is 0 Å². The van der Waals surface area contributed by atoms with Gasteiger partial charge in [-0.15, -0.1) is 0 Å². The quantitative estimate of drug-likeness (QED) is 0.125. The zero-order chi connectivity index (χ0) is 29.3. The number of nitrogens with one attached hydrogen (secondary N) is 2. The van der Waals surface area contributed by atoms with Gasteiger partial charge < -0.3 is 30.3 Å². The Bertz CT molecular complexity index is 1650. The molecule has 1 atom stereocenters. The van der Waals surface area contributed by atoms with Crippen molar-refractivity contribution >= 4 is 34.4 Å². The zero-order valence-corrected chi connectivity index (χ0v) is 24.4. The number of aromatic nitrogens is 2. The summed E-state index contributed by atoms with van der Waals surface area (Å²) in [5.74, 6) is 2.41. The van der Waals surface area contributed by atoms with Crippen molar-refractivity contribution in [3.05, 3.63) is 108 Å². The molecule has 4 aromatic carbocycles. The number of rotatable bonds is 13. The molecule has 1 unspecified atom stereocenters. The van der Waals surface area contributed by atoms with E-state index in [9.17, 15) is 10.2 Å². The Morgan fingerprint density at radius 1 is 0.786 bits per heavy atom. The molecule has 4 N–H and O–H groups in total. The Kier molecular flexibility index (Phi) is 9.76. The van der Waals surface area contributed by atoms with Gasteiger partial charge in [0.1, 0.15) is 5.82 Å². The molecule has 1 aromatic heterocycles. The van der Waals surface area contributed by atoms with Gasteiger partial charge in [-0.3, -0.25) is 0 Å². The van der Waals surface area contributed by atoms with Gasteiger partial charge in [0.2, 0.25) is 5.95 Å². The highest BCUT2D eigenvalue weighted by Gasteiger charge is 2.18. The van der Waals surface area contributed by atoms with Crippen molar-refractivity contribution < 1.29 is 19.7 Å². The minimum Gasteiger partial charge on any atom is -0.493 e. The van der Waals surface area contributed by atoms with E-state index < -0.39 is 0 Å². The Morgan fingerprint density at radius 2 is 1.48 bits per heavy atom. The first kappa shape index (κ1) is 29.2. The van der Waals surface area contributed by atoms with Crippen molar-refractivity contribution in [2.75, 3.05) is 31.5 Å². The summed E-state index contributed by atoms with van der Waals surface area (Å²) in [5, 5.41) is 27.5. The molecule has 5 rings (SSSR count). The molecule has 0 saturated heterocycles. The number of ether oxygens (including phenoxy) is 2. The molecule has 216 valence electrons. The van der Waals surface area contributed by atoms with Crippen LogP contribution in [0.5, 0.6) is 11.5 Å². The van der Waals surface area contributed by atoms with Gasteiger partial charge in [-0.05, 0) is 59.5 Å².